The number of carbonyl (C=O) groups excluding carboxylic acids is 3. The summed E-state index contributed by atoms with van der Waals surface area (Å²) in [6.07, 6.45) is 0. The fourth-order valence-electron chi connectivity index (χ4n) is 1.83. The molecule has 0 bridgehead atoms. The van der Waals surface area contributed by atoms with Gasteiger partial charge in [-0.15, -0.1) is 0 Å². The Kier molecular flexibility index (Phi) is 2.67. The third-order valence-corrected chi connectivity index (χ3v) is 2.69. The van der Waals surface area contributed by atoms with Gasteiger partial charge in [-0.25, -0.2) is 4.79 Å². The van der Waals surface area contributed by atoms with Crippen LogP contribution in [0.4, 0.5) is 5.69 Å². The van der Waals surface area contributed by atoms with Gasteiger partial charge < -0.3 is 9.64 Å². The summed E-state index contributed by atoms with van der Waals surface area (Å²) >= 11 is 0. The molecule has 0 radical (unpaired) electrons. The number of carbonyl (C=O) groups is 3. The molecule has 0 fully saturated rings. The maximum absolute atomic E-state index is 11.7. The normalized spacial score (nSPS) is 13.5. The van der Waals surface area contributed by atoms with Crippen LogP contribution in [0.3, 0.4) is 0 Å². The van der Waals surface area contributed by atoms with Crippen LogP contribution in [0.25, 0.3) is 0 Å². The highest BCUT2D eigenvalue weighted by Gasteiger charge is 2.29. The first kappa shape index (κ1) is 11.3. The molecule has 0 saturated carbocycles. The first-order valence-electron chi connectivity index (χ1n) is 5.08. The van der Waals surface area contributed by atoms with Crippen LogP contribution in [-0.2, 0) is 9.53 Å². The number of rotatable bonds is 1. The number of nitrogens with zero attached hydrogens (tertiary/aromatic N) is 1. The number of benzene rings is 1. The molecule has 1 heterocycles. The average molecular weight is 233 g/mol. The maximum atomic E-state index is 11.7. The van der Waals surface area contributed by atoms with Gasteiger partial charge in [0.2, 0.25) is 5.91 Å². The lowest BCUT2D eigenvalue weighted by atomic mass is 10.1. The van der Waals surface area contributed by atoms with E-state index in [1.165, 1.54) is 25.0 Å². The Bertz CT molecular complexity index is 521. The van der Waals surface area contributed by atoms with Gasteiger partial charge in [0, 0.05) is 12.5 Å². The Hall–Kier alpha value is -2.17. The van der Waals surface area contributed by atoms with Gasteiger partial charge in [-0.2, -0.15) is 0 Å². The summed E-state index contributed by atoms with van der Waals surface area (Å²) in [7, 11) is 1.28. The molecule has 2 rings (SSSR count). The van der Waals surface area contributed by atoms with Crippen molar-refractivity contribution in [3.63, 3.8) is 0 Å². The number of ketones is 1. The summed E-state index contributed by atoms with van der Waals surface area (Å²) in [5.74, 6) is -0.856. The highest BCUT2D eigenvalue weighted by Crippen LogP contribution is 2.29. The van der Waals surface area contributed by atoms with E-state index in [1.54, 1.807) is 12.1 Å². The fourth-order valence-corrected chi connectivity index (χ4v) is 1.83. The zero-order chi connectivity index (χ0) is 12.6. The number of hydrogen-bond acceptors (Lipinski definition) is 4. The minimum absolute atomic E-state index is 0.0370. The summed E-state index contributed by atoms with van der Waals surface area (Å²) < 4.78 is 4.57. The number of anilines is 1. The lowest BCUT2D eigenvalue weighted by Gasteiger charge is -2.13. The van der Waals surface area contributed by atoms with Crippen LogP contribution < -0.4 is 4.90 Å². The van der Waals surface area contributed by atoms with E-state index < -0.39 is 5.97 Å². The van der Waals surface area contributed by atoms with Gasteiger partial charge in [-0.05, 0) is 18.2 Å². The number of fused-ring (bicyclic) bond motifs is 1. The van der Waals surface area contributed by atoms with Crippen molar-refractivity contribution in [1.29, 1.82) is 0 Å². The van der Waals surface area contributed by atoms with E-state index in [9.17, 15) is 14.4 Å². The molecule has 5 nitrogen and oxygen atoms in total. The molecule has 0 N–H and O–H groups in total. The van der Waals surface area contributed by atoms with E-state index >= 15 is 0 Å². The average Bonchev–Trinajstić information content (AvgIpc) is 2.65. The monoisotopic (exact) mass is 233 g/mol. The second-order valence-electron chi connectivity index (χ2n) is 3.75. The Morgan fingerprint density at radius 1 is 1.35 bits per heavy atom. The smallest absolute Gasteiger partial charge is 0.337 e. The molecule has 0 aromatic heterocycles. The van der Waals surface area contributed by atoms with Crippen molar-refractivity contribution in [3.8, 4) is 0 Å². The van der Waals surface area contributed by atoms with Gasteiger partial charge in [0.15, 0.2) is 5.78 Å². The van der Waals surface area contributed by atoms with Gasteiger partial charge in [-0.1, -0.05) is 0 Å². The van der Waals surface area contributed by atoms with Gasteiger partial charge >= 0.3 is 5.97 Å². The molecule has 0 unspecified atom stereocenters. The van der Waals surface area contributed by atoms with Gasteiger partial charge in [0.05, 0.1) is 24.9 Å². The third kappa shape index (κ3) is 1.80. The van der Waals surface area contributed by atoms with Crippen molar-refractivity contribution in [2.45, 2.75) is 6.92 Å². The zero-order valence-electron chi connectivity index (χ0n) is 9.52. The van der Waals surface area contributed by atoms with Crippen molar-refractivity contribution >= 4 is 23.3 Å². The number of esters is 1. The molecule has 1 aliphatic heterocycles. The first-order valence-corrected chi connectivity index (χ1v) is 5.08. The SMILES string of the molecule is COC(=O)c1ccc2c(c1)C(=O)CN2C(C)=O. The van der Waals surface area contributed by atoms with Crippen LogP contribution >= 0.6 is 0 Å². The Labute approximate surface area is 98.0 Å². The van der Waals surface area contributed by atoms with Crippen LogP contribution in [-0.4, -0.2) is 31.3 Å². The largest absolute Gasteiger partial charge is 0.465 e. The topological polar surface area (TPSA) is 63.7 Å². The minimum atomic E-state index is -0.498. The Morgan fingerprint density at radius 3 is 2.65 bits per heavy atom. The van der Waals surface area contributed by atoms with Gasteiger partial charge in [0.25, 0.3) is 0 Å². The number of Topliss-reactive ketones (excluding diaryl/α,β-unsaturated/α-hetero) is 1. The molecule has 1 aromatic rings. The van der Waals surface area contributed by atoms with Crippen molar-refractivity contribution in [1.82, 2.24) is 0 Å². The Balaban J connectivity index is 2.47. The molecule has 0 spiro atoms. The number of amides is 1. The van der Waals surface area contributed by atoms with E-state index in [4.69, 9.17) is 0 Å². The summed E-state index contributed by atoms with van der Waals surface area (Å²) in [6, 6.07) is 4.60. The zero-order valence-corrected chi connectivity index (χ0v) is 9.52. The van der Waals surface area contributed by atoms with E-state index in [0.717, 1.165) is 0 Å². The fraction of sp³-hybridized carbons (Fsp3) is 0.250. The second-order valence-corrected chi connectivity index (χ2v) is 3.75. The van der Waals surface area contributed by atoms with Crippen LogP contribution in [0.5, 0.6) is 0 Å². The predicted octanol–water partition coefficient (Wildman–Crippen LogP) is 1.02. The minimum Gasteiger partial charge on any atom is -0.465 e. The predicted molar refractivity (Wildman–Crippen MR) is 60.1 cm³/mol. The molecular weight excluding hydrogens is 222 g/mol. The lowest BCUT2D eigenvalue weighted by molar-refractivity contribution is -0.116. The van der Waals surface area contributed by atoms with Crippen molar-refractivity contribution in [2.24, 2.45) is 0 Å². The molecular formula is C12H11NO4. The summed E-state index contributed by atoms with van der Waals surface area (Å²) in [6.45, 7) is 1.44. The number of hydrogen-bond donors (Lipinski definition) is 0. The Morgan fingerprint density at radius 2 is 2.06 bits per heavy atom. The maximum Gasteiger partial charge on any atom is 0.337 e. The van der Waals surface area contributed by atoms with E-state index in [-0.39, 0.29) is 18.2 Å². The molecule has 1 amide bonds. The molecule has 0 aliphatic carbocycles. The number of ether oxygens (including phenoxy) is 1. The molecule has 5 heteroatoms. The molecule has 0 saturated heterocycles. The van der Waals surface area contributed by atoms with E-state index in [1.807, 2.05) is 0 Å². The van der Waals surface area contributed by atoms with Crippen molar-refractivity contribution in [2.75, 3.05) is 18.6 Å². The van der Waals surface area contributed by atoms with Crippen LogP contribution in [0, 0.1) is 0 Å². The summed E-state index contributed by atoms with van der Waals surface area (Å²) in [5, 5.41) is 0. The van der Waals surface area contributed by atoms with Crippen LogP contribution in [0.2, 0.25) is 0 Å². The van der Waals surface area contributed by atoms with E-state index in [2.05, 4.69) is 4.74 Å². The molecule has 1 aliphatic rings. The molecule has 88 valence electrons. The van der Waals surface area contributed by atoms with E-state index in [0.29, 0.717) is 16.8 Å². The van der Waals surface area contributed by atoms with Crippen LogP contribution in [0.15, 0.2) is 18.2 Å². The van der Waals surface area contributed by atoms with Crippen molar-refractivity contribution in [3.05, 3.63) is 29.3 Å². The van der Waals surface area contributed by atoms with Gasteiger partial charge in [-0.3, -0.25) is 9.59 Å². The summed E-state index contributed by atoms with van der Waals surface area (Å²) in [4.78, 5) is 35.7. The highest BCUT2D eigenvalue weighted by atomic mass is 16.5. The summed E-state index contributed by atoms with van der Waals surface area (Å²) in [5.41, 5.74) is 1.25. The van der Waals surface area contributed by atoms with Gasteiger partial charge in [0.1, 0.15) is 0 Å². The molecule has 1 aromatic carbocycles. The first-order chi connectivity index (χ1) is 8.04. The quantitative estimate of drug-likeness (QED) is 0.679. The molecule has 17 heavy (non-hydrogen) atoms. The highest BCUT2D eigenvalue weighted by molar-refractivity contribution is 6.16. The molecule has 0 atom stereocenters. The standard InChI is InChI=1S/C12H11NO4/c1-7(14)13-6-11(15)9-5-8(12(16)17-2)3-4-10(9)13/h3-5H,6H2,1-2H3. The second kappa shape index (κ2) is 4.01. The van der Waals surface area contributed by atoms with Crippen LogP contribution in [0.1, 0.15) is 27.6 Å². The lowest BCUT2D eigenvalue weighted by Crippen LogP contribution is -2.27. The van der Waals surface area contributed by atoms with Crippen molar-refractivity contribution < 1.29 is 19.1 Å². The third-order valence-electron chi connectivity index (χ3n) is 2.69. The number of methoxy groups -OCH3 is 1.